The fourth-order valence-corrected chi connectivity index (χ4v) is 2.05. The van der Waals surface area contributed by atoms with E-state index in [-0.39, 0.29) is 5.56 Å². The fourth-order valence-electron chi connectivity index (χ4n) is 1.82. The number of benzene rings is 2. The molecule has 20 heavy (non-hydrogen) atoms. The standard InChI is InChI=1S/C15H11ClN2O2/c1-9-6-11(3-4-12(9)15(19)20)18-14-5-2-10(8-17)7-13(14)16/h2-7,18H,1H3,(H,19,20). The van der Waals surface area contributed by atoms with Crippen LogP contribution in [-0.2, 0) is 0 Å². The van der Waals surface area contributed by atoms with Gasteiger partial charge >= 0.3 is 5.97 Å². The topological polar surface area (TPSA) is 73.1 Å². The van der Waals surface area contributed by atoms with Gasteiger partial charge in [-0.3, -0.25) is 0 Å². The number of aryl methyl sites for hydroxylation is 1. The summed E-state index contributed by atoms with van der Waals surface area (Å²) in [4.78, 5) is 10.9. The van der Waals surface area contributed by atoms with Crippen LogP contribution in [0.5, 0.6) is 0 Å². The van der Waals surface area contributed by atoms with Crippen LogP contribution in [0.4, 0.5) is 11.4 Å². The minimum atomic E-state index is -0.953. The zero-order valence-corrected chi connectivity index (χ0v) is 11.4. The van der Waals surface area contributed by atoms with Gasteiger partial charge in [-0.25, -0.2) is 4.79 Å². The van der Waals surface area contributed by atoms with E-state index < -0.39 is 5.97 Å². The third-order valence-electron chi connectivity index (χ3n) is 2.83. The normalized spacial score (nSPS) is 9.85. The third kappa shape index (κ3) is 2.90. The van der Waals surface area contributed by atoms with Crippen molar-refractivity contribution < 1.29 is 9.90 Å². The molecule has 0 unspecified atom stereocenters. The molecular formula is C15H11ClN2O2. The molecule has 2 N–H and O–H groups in total. The van der Waals surface area contributed by atoms with Crippen molar-refractivity contribution in [3.05, 3.63) is 58.1 Å². The van der Waals surface area contributed by atoms with Crippen molar-refractivity contribution in [1.82, 2.24) is 0 Å². The summed E-state index contributed by atoms with van der Waals surface area (Å²) < 4.78 is 0. The van der Waals surface area contributed by atoms with Crippen LogP contribution in [0, 0.1) is 18.3 Å². The largest absolute Gasteiger partial charge is 0.478 e. The van der Waals surface area contributed by atoms with E-state index in [1.54, 1.807) is 37.3 Å². The summed E-state index contributed by atoms with van der Waals surface area (Å²) >= 11 is 6.07. The van der Waals surface area contributed by atoms with Gasteiger partial charge in [-0.1, -0.05) is 11.6 Å². The Kier molecular flexibility index (Phi) is 3.92. The maximum Gasteiger partial charge on any atom is 0.335 e. The SMILES string of the molecule is Cc1cc(Nc2ccc(C#N)cc2Cl)ccc1C(=O)O. The highest BCUT2D eigenvalue weighted by molar-refractivity contribution is 6.33. The highest BCUT2D eigenvalue weighted by Crippen LogP contribution is 2.27. The lowest BCUT2D eigenvalue weighted by molar-refractivity contribution is 0.0696. The van der Waals surface area contributed by atoms with Crippen molar-refractivity contribution in [2.75, 3.05) is 5.32 Å². The molecule has 0 aromatic heterocycles. The van der Waals surface area contributed by atoms with Crippen molar-refractivity contribution >= 4 is 28.9 Å². The fraction of sp³-hybridized carbons (Fsp3) is 0.0667. The van der Waals surface area contributed by atoms with E-state index in [9.17, 15) is 4.79 Å². The molecule has 4 nitrogen and oxygen atoms in total. The third-order valence-corrected chi connectivity index (χ3v) is 3.15. The van der Waals surface area contributed by atoms with Gasteiger partial charge < -0.3 is 10.4 Å². The van der Waals surface area contributed by atoms with Crippen molar-refractivity contribution in [2.24, 2.45) is 0 Å². The highest BCUT2D eigenvalue weighted by Gasteiger charge is 2.08. The molecule has 2 aromatic carbocycles. The summed E-state index contributed by atoms with van der Waals surface area (Å²) in [6, 6.07) is 11.9. The lowest BCUT2D eigenvalue weighted by atomic mass is 10.1. The number of nitrogens with one attached hydrogen (secondary N) is 1. The molecular weight excluding hydrogens is 276 g/mol. The second kappa shape index (κ2) is 5.64. The molecule has 2 rings (SSSR count). The van der Waals surface area contributed by atoms with Crippen LogP contribution in [0.25, 0.3) is 0 Å². The Bertz CT molecular complexity index is 720. The van der Waals surface area contributed by atoms with Crippen molar-refractivity contribution in [1.29, 1.82) is 5.26 Å². The molecule has 0 aliphatic heterocycles. The first-order valence-corrected chi connectivity index (χ1v) is 6.19. The Labute approximate surface area is 121 Å². The molecule has 0 saturated heterocycles. The molecule has 0 aliphatic rings. The van der Waals surface area contributed by atoms with Gasteiger partial charge in [0.15, 0.2) is 0 Å². The Hall–Kier alpha value is -2.51. The zero-order chi connectivity index (χ0) is 14.7. The van der Waals surface area contributed by atoms with E-state index in [0.717, 1.165) is 5.69 Å². The molecule has 0 fully saturated rings. The average Bonchev–Trinajstić information content (AvgIpc) is 2.40. The summed E-state index contributed by atoms with van der Waals surface area (Å²) in [6.45, 7) is 1.73. The van der Waals surface area contributed by atoms with Gasteiger partial charge in [-0.2, -0.15) is 5.26 Å². The number of hydrogen-bond donors (Lipinski definition) is 2. The minimum absolute atomic E-state index is 0.265. The van der Waals surface area contributed by atoms with Crippen LogP contribution < -0.4 is 5.32 Å². The number of carboxylic acid groups (broad SMARTS) is 1. The Morgan fingerprint density at radius 2 is 2.05 bits per heavy atom. The van der Waals surface area contributed by atoms with E-state index in [2.05, 4.69) is 5.32 Å². The van der Waals surface area contributed by atoms with Gasteiger partial charge in [-0.05, 0) is 48.9 Å². The van der Waals surface area contributed by atoms with Crippen LogP contribution in [0.2, 0.25) is 5.02 Å². The molecule has 0 spiro atoms. The van der Waals surface area contributed by atoms with E-state index in [0.29, 0.717) is 21.8 Å². The molecule has 0 amide bonds. The highest BCUT2D eigenvalue weighted by atomic mass is 35.5. The van der Waals surface area contributed by atoms with E-state index >= 15 is 0 Å². The molecule has 100 valence electrons. The average molecular weight is 287 g/mol. The summed E-state index contributed by atoms with van der Waals surface area (Å²) in [5.74, 6) is -0.953. The monoisotopic (exact) mass is 286 g/mol. The van der Waals surface area contributed by atoms with Crippen molar-refractivity contribution in [3.63, 3.8) is 0 Å². The first kappa shape index (κ1) is 13.9. The number of carboxylic acids is 1. The smallest absolute Gasteiger partial charge is 0.335 e. The molecule has 0 aliphatic carbocycles. The van der Waals surface area contributed by atoms with Gasteiger partial charge in [0.25, 0.3) is 0 Å². The Balaban J connectivity index is 2.29. The van der Waals surface area contributed by atoms with Gasteiger partial charge in [-0.15, -0.1) is 0 Å². The molecule has 5 heteroatoms. The van der Waals surface area contributed by atoms with Crippen molar-refractivity contribution in [3.8, 4) is 6.07 Å². The molecule has 0 bridgehead atoms. The Morgan fingerprint density at radius 3 is 2.60 bits per heavy atom. The number of anilines is 2. The predicted octanol–water partition coefficient (Wildman–Crippen LogP) is 3.96. The number of nitriles is 1. The van der Waals surface area contributed by atoms with Gasteiger partial charge in [0.05, 0.1) is 27.9 Å². The van der Waals surface area contributed by atoms with Gasteiger partial charge in [0, 0.05) is 5.69 Å². The maximum absolute atomic E-state index is 10.9. The first-order chi connectivity index (χ1) is 9.51. The molecule has 0 atom stereocenters. The minimum Gasteiger partial charge on any atom is -0.478 e. The van der Waals surface area contributed by atoms with E-state index in [1.807, 2.05) is 6.07 Å². The summed E-state index contributed by atoms with van der Waals surface area (Å²) in [7, 11) is 0. The van der Waals surface area contributed by atoms with E-state index in [4.69, 9.17) is 22.0 Å². The van der Waals surface area contributed by atoms with Crippen molar-refractivity contribution in [2.45, 2.75) is 6.92 Å². The second-order valence-corrected chi connectivity index (χ2v) is 4.67. The van der Waals surface area contributed by atoms with Gasteiger partial charge in [0.2, 0.25) is 0 Å². The zero-order valence-electron chi connectivity index (χ0n) is 10.6. The number of halogens is 1. The molecule has 2 aromatic rings. The van der Waals surface area contributed by atoms with Crippen LogP contribution >= 0.6 is 11.6 Å². The number of hydrogen-bond acceptors (Lipinski definition) is 3. The lowest BCUT2D eigenvalue weighted by Crippen LogP contribution is -2.00. The van der Waals surface area contributed by atoms with Crippen LogP contribution in [0.3, 0.4) is 0 Å². The molecule has 0 radical (unpaired) electrons. The number of nitrogens with zero attached hydrogens (tertiary/aromatic N) is 1. The van der Waals surface area contributed by atoms with Crippen LogP contribution in [-0.4, -0.2) is 11.1 Å². The summed E-state index contributed by atoms with van der Waals surface area (Å²) in [6.07, 6.45) is 0. The van der Waals surface area contributed by atoms with E-state index in [1.165, 1.54) is 6.07 Å². The second-order valence-electron chi connectivity index (χ2n) is 4.27. The van der Waals surface area contributed by atoms with Gasteiger partial charge in [0.1, 0.15) is 0 Å². The summed E-state index contributed by atoms with van der Waals surface area (Å²) in [5, 5.41) is 21.3. The van der Waals surface area contributed by atoms with Crippen LogP contribution in [0.15, 0.2) is 36.4 Å². The lowest BCUT2D eigenvalue weighted by Gasteiger charge is -2.10. The Morgan fingerprint density at radius 1 is 1.30 bits per heavy atom. The number of aromatic carboxylic acids is 1. The summed E-state index contributed by atoms with van der Waals surface area (Å²) in [5.41, 5.74) is 2.80. The number of rotatable bonds is 3. The first-order valence-electron chi connectivity index (χ1n) is 5.82. The number of carbonyl (C=O) groups is 1. The molecule has 0 heterocycles. The predicted molar refractivity (Wildman–Crippen MR) is 77.6 cm³/mol. The quantitative estimate of drug-likeness (QED) is 0.895. The maximum atomic E-state index is 10.9. The van der Waals surface area contributed by atoms with Crippen LogP contribution in [0.1, 0.15) is 21.5 Å². The molecule has 0 saturated carbocycles.